The molecule has 0 unspecified atom stereocenters. The van der Waals surface area contributed by atoms with E-state index in [9.17, 15) is 4.79 Å². The van der Waals surface area contributed by atoms with Gasteiger partial charge >= 0.3 is 5.97 Å². The van der Waals surface area contributed by atoms with Crippen LogP contribution in [0.3, 0.4) is 0 Å². The van der Waals surface area contributed by atoms with Gasteiger partial charge < -0.3 is 24.8 Å². The van der Waals surface area contributed by atoms with Gasteiger partial charge in [0.2, 0.25) is 0 Å². The highest BCUT2D eigenvalue weighted by atomic mass is 16.5. The Morgan fingerprint density at radius 2 is 1.93 bits per heavy atom. The van der Waals surface area contributed by atoms with Crippen molar-refractivity contribution in [2.45, 2.75) is 33.2 Å². The summed E-state index contributed by atoms with van der Waals surface area (Å²) in [4.78, 5) is 28.4. The second-order valence-corrected chi connectivity index (χ2v) is 8.00. The van der Waals surface area contributed by atoms with Crippen molar-refractivity contribution in [3.05, 3.63) is 23.9 Å². The maximum Gasteiger partial charge on any atom is 0.309 e. The van der Waals surface area contributed by atoms with Crippen LogP contribution in [0.5, 0.6) is 0 Å². The predicted octanol–water partition coefficient (Wildman–Crippen LogP) is 1.57. The molecule has 0 aliphatic carbocycles. The quantitative estimate of drug-likeness (QED) is 0.429. The summed E-state index contributed by atoms with van der Waals surface area (Å²) in [5.74, 6) is 1.90. The SMILES string of the molecule is CCNC(=NCc1ccnc(N2CCN(C)CC2)c1)N1CCC(C(=O)OCC)CC1. The standard InChI is InChI=1S/C22H36N6O2/c1-4-23-22(28-10-7-19(8-11-28)21(29)30-5-2)25-17-18-6-9-24-20(16-18)27-14-12-26(3)13-15-27/h6,9,16,19H,4-5,7-8,10-15,17H2,1-3H3,(H,23,25). The van der Waals surface area contributed by atoms with Gasteiger partial charge in [-0.05, 0) is 51.4 Å². The number of esters is 1. The van der Waals surface area contributed by atoms with Crippen molar-refractivity contribution >= 4 is 17.7 Å². The minimum absolute atomic E-state index is 0.00965. The molecule has 3 rings (SSSR count). The summed E-state index contributed by atoms with van der Waals surface area (Å²) in [6, 6.07) is 4.20. The van der Waals surface area contributed by atoms with Crippen molar-refractivity contribution in [1.82, 2.24) is 20.1 Å². The smallest absolute Gasteiger partial charge is 0.309 e. The second-order valence-electron chi connectivity index (χ2n) is 8.00. The maximum atomic E-state index is 12.0. The van der Waals surface area contributed by atoms with E-state index >= 15 is 0 Å². The van der Waals surface area contributed by atoms with Gasteiger partial charge in [0.1, 0.15) is 5.82 Å². The number of pyridine rings is 1. The number of carbonyl (C=O) groups excluding carboxylic acids is 1. The first kappa shape index (κ1) is 22.3. The number of aromatic nitrogens is 1. The summed E-state index contributed by atoms with van der Waals surface area (Å²) < 4.78 is 5.18. The number of aliphatic imine (C=N–C) groups is 1. The number of rotatable bonds is 6. The van der Waals surface area contributed by atoms with Crippen molar-refractivity contribution < 1.29 is 9.53 Å². The lowest BCUT2D eigenvalue weighted by molar-refractivity contribution is -0.149. The number of nitrogens with one attached hydrogen (secondary N) is 1. The highest BCUT2D eigenvalue weighted by Crippen LogP contribution is 2.19. The van der Waals surface area contributed by atoms with Crippen molar-refractivity contribution in [2.24, 2.45) is 10.9 Å². The predicted molar refractivity (Wildman–Crippen MR) is 120 cm³/mol. The molecular formula is C22H36N6O2. The molecule has 1 aromatic heterocycles. The summed E-state index contributed by atoms with van der Waals surface area (Å²) in [6.07, 6.45) is 3.51. The fourth-order valence-corrected chi connectivity index (χ4v) is 3.95. The number of likely N-dealkylation sites (tertiary alicyclic amines) is 1. The third-order valence-corrected chi connectivity index (χ3v) is 5.80. The van der Waals surface area contributed by atoms with Crippen LogP contribution in [0.4, 0.5) is 5.82 Å². The van der Waals surface area contributed by atoms with Crippen LogP contribution in [0.15, 0.2) is 23.3 Å². The van der Waals surface area contributed by atoms with E-state index in [2.05, 4.69) is 45.0 Å². The lowest BCUT2D eigenvalue weighted by atomic mass is 9.97. The number of piperazine rings is 1. The summed E-state index contributed by atoms with van der Waals surface area (Å²) in [7, 11) is 2.16. The Balaban J connectivity index is 1.60. The minimum Gasteiger partial charge on any atom is -0.466 e. The molecule has 3 heterocycles. The molecular weight excluding hydrogens is 380 g/mol. The van der Waals surface area contributed by atoms with Crippen molar-refractivity contribution in [2.75, 3.05) is 64.4 Å². The molecule has 0 saturated carbocycles. The van der Waals surface area contributed by atoms with Crippen LogP contribution < -0.4 is 10.2 Å². The van der Waals surface area contributed by atoms with E-state index in [1.54, 1.807) is 0 Å². The molecule has 0 atom stereocenters. The Bertz CT molecular complexity index is 709. The summed E-state index contributed by atoms with van der Waals surface area (Å²) in [6.45, 7) is 11.6. The number of piperidine rings is 1. The highest BCUT2D eigenvalue weighted by molar-refractivity contribution is 5.80. The van der Waals surface area contributed by atoms with Gasteiger partial charge in [-0.3, -0.25) is 4.79 Å². The fourth-order valence-electron chi connectivity index (χ4n) is 3.95. The molecule has 1 aromatic rings. The molecule has 2 saturated heterocycles. The van der Waals surface area contributed by atoms with Gasteiger partial charge in [-0.15, -0.1) is 0 Å². The maximum absolute atomic E-state index is 12.0. The Morgan fingerprint density at radius 1 is 1.20 bits per heavy atom. The van der Waals surface area contributed by atoms with Crippen LogP contribution in [0.2, 0.25) is 0 Å². The number of guanidine groups is 1. The zero-order chi connectivity index (χ0) is 21.3. The van der Waals surface area contributed by atoms with Crippen molar-refractivity contribution in [1.29, 1.82) is 0 Å². The molecule has 0 aromatic carbocycles. The number of hydrogen-bond donors (Lipinski definition) is 1. The molecule has 8 heteroatoms. The molecule has 2 fully saturated rings. The van der Waals surface area contributed by atoms with Gasteiger partial charge in [0, 0.05) is 52.0 Å². The van der Waals surface area contributed by atoms with E-state index < -0.39 is 0 Å². The third kappa shape index (κ3) is 6.08. The van der Waals surface area contributed by atoms with E-state index in [0.29, 0.717) is 13.2 Å². The number of hydrogen-bond acceptors (Lipinski definition) is 6. The summed E-state index contributed by atoms with van der Waals surface area (Å²) in [5, 5.41) is 3.40. The Morgan fingerprint density at radius 3 is 2.60 bits per heavy atom. The molecule has 1 N–H and O–H groups in total. The Kier molecular flexibility index (Phi) is 8.30. The topological polar surface area (TPSA) is 73.3 Å². The van der Waals surface area contributed by atoms with E-state index in [4.69, 9.17) is 9.73 Å². The average Bonchev–Trinajstić information content (AvgIpc) is 2.77. The lowest BCUT2D eigenvalue weighted by Gasteiger charge is -2.33. The van der Waals surface area contributed by atoms with E-state index in [0.717, 1.165) is 76.0 Å². The lowest BCUT2D eigenvalue weighted by Crippen LogP contribution is -2.46. The zero-order valence-electron chi connectivity index (χ0n) is 18.6. The fraction of sp³-hybridized carbons (Fsp3) is 0.682. The number of nitrogens with zero attached hydrogens (tertiary/aromatic N) is 5. The Hall–Kier alpha value is -2.35. The van der Waals surface area contributed by atoms with Crippen LogP contribution >= 0.6 is 0 Å². The van der Waals surface area contributed by atoms with Gasteiger partial charge in [0.25, 0.3) is 0 Å². The van der Waals surface area contributed by atoms with Crippen molar-refractivity contribution in [3.63, 3.8) is 0 Å². The van der Waals surface area contributed by atoms with Crippen LogP contribution in [-0.2, 0) is 16.1 Å². The molecule has 8 nitrogen and oxygen atoms in total. The first-order chi connectivity index (χ1) is 14.6. The normalized spacial score (nSPS) is 19.1. The van der Waals surface area contributed by atoms with Crippen LogP contribution in [0.1, 0.15) is 32.3 Å². The van der Waals surface area contributed by atoms with Gasteiger partial charge in [0.15, 0.2) is 5.96 Å². The summed E-state index contributed by atoms with van der Waals surface area (Å²) >= 11 is 0. The highest BCUT2D eigenvalue weighted by Gasteiger charge is 2.27. The number of ether oxygens (including phenoxy) is 1. The molecule has 2 aliphatic rings. The van der Waals surface area contributed by atoms with Crippen molar-refractivity contribution in [3.8, 4) is 0 Å². The molecule has 166 valence electrons. The number of carbonyl (C=O) groups is 1. The van der Waals surface area contributed by atoms with Gasteiger partial charge in [-0.25, -0.2) is 9.98 Å². The van der Waals surface area contributed by atoms with E-state index in [-0.39, 0.29) is 11.9 Å². The molecule has 0 spiro atoms. The first-order valence-corrected chi connectivity index (χ1v) is 11.2. The van der Waals surface area contributed by atoms with Crippen LogP contribution in [-0.4, -0.2) is 86.2 Å². The second kappa shape index (κ2) is 11.2. The van der Waals surface area contributed by atoms with Gasteiger partial charge in [-0.2, -0.15) is 0 Å². The molecule has 0 radical (unpaired) electrons. The largest absolute Gasteiger partial charge is 0.466 e. The van der Waals surface area contributed by atoms with E-state index in [1.807, 2.05) is 19.2 Å². The first-order valence-electron chi connectivity index (χ1n) is 11.2. The zero-order valence-corrected chi connectivity index (χ0v) is 18.6. The molecule has 0 bridgehead atoms. The number of anilines is 1. The molecule has 0 amide bonds. The summed E-state index contributed by atoms with van der Waals surface area (Å²) in [5.41, 5.74) is 1.16. The van der Waals surface area contributed by atoms with Gasteiger partial charge in [-0.1, -0.05) is 0 Å². The van der Waals surface area contributed by atoms with Crippen LogP contribution in [0.25, 0.3) is 0 Å². The van der Waals surface area contributed by atoms with E-state index in [1.165, 1.54) is 0 Å². The average molecular weight is 417 g/mol. The molecule has 2 aliphatic heterocycles. The Labute approximate surface area is 180 Å². The monoisotopic (exact) mass is 416 g/mol. The number of likely N-dealkylation sites (N-methyl/N-ethyl adjacent to an activating group) is 1. The molecule has 30 heavy (non-hydrogen) atoms. The van der Waals surface area contributed by atoms with Crippen LogP contribution in [0, 0.1) is 5.92 Å². The van der Waals surface area contributed by atoms with Gasteiger partial charge in [0.05, 0.1) is 19.1 Å². The minimum atomic E-state index is -0.0627. The third-order valence-electron chi connectivity index (χ3n) is 5.80.